The average molecular weight is 249 g/mol. The molecule has 17 heavy (non-hydrogen) atoms. The third-order valence-electron chi connectivity index (χ3n) is 2.78. The van der Waals surface area contributed by atoms with Gasteiger partial charge in [0.15, 0.2) is 0 Å². The van der Waals surface area contributed by atoms with Gasteiger partial charge in [0.2, 0.25) is 0 Å². The Morgan fingerprint density at radius 3 is 2.76 bits per heavy atom. The fourth-order valence-electron chi connectivity index (χ4n) is 1.82. The zero-order valence-corrected chi connectivity index (χ0v) is 10.9. The minimum Gasteiger partial charge on any atom is -0.313 e. The van der Waals surface area contributed by atoms with Gasteiger partial charge in [0.1, 0.15) is 5.82 Å². The lowest BCUT2D eigenvalue weighted by Gasteiger charge is -2.07. The molecule has 1 N–H and O–H groups in total. The van der Waals surface area contributed by atoms with E-state index in [1.807, 2.05) is 19.1 Å². The average Bonchev–Trinajstić information content (AvgIpc) is 2.75. The molecule has 0 saturated carbocycles. The summed E-state index contributed by atoms with van der Waals surface area (Å²) in [6.45, 7) is 5.54. The number of rotatable bonds is 4. The van der Waals surface area contributed by atoms with Crippen molar-refractivity contribution < 1.29 is 4.39 Å². The van der Waals surface area contributed by atoms with Gasteiger partial charge in [-0.05, 0) is 48.2 Å². The number of thiophene rings is 1. The first-order valence-electron chi connectivity index (χ1n) is 5.76. The van der Waals surface area contributed by atoms with Gasteiger partial charge < -0.3 is 5.32 Å². The van der Waals surface area contributed by atoms with Crippen LogP contribution in [0.5, 0.6) is 0 Å². The van der Waals surface area contributed by atoms with Crippen molar-refractivity contribution >= 4 is 11.3 Å². The molecule has 0 amide bonds. The highest BCUT2D eigenvalue weighted by molar-refractivity contribution is 7.10. The maximum Gasteiger partial charge on any atom is 0.127 e. The summed E-state index contributed by atoms with van der Waals surface area (Å²) in [5.41, 5.74) is 3.03. The maximum atomic E-state index is 13.6. The van der Waals surface area contributed by atoms with Crippen LogP contribution < -0.4 is 5.32 Å². The molecule has 0 aliphatic carbocycles. The number of halogens is 1. The summed E-state index contributed by atoms with van der Waals surface area (Å²) < 4.78 is 13.6. The molecule has 0 atom stereocenters. The maximum absolute atomic E-state index is 13.6. The minimum atomic E-state index is -0.136. The highest BCUT2D eigenvalue weighted by atomic mass is 32.1. The van der Waals surface area contributed by atoms with E-state index in [1.165, 1.54) is 10.4 Å². The minimum absolute atomic E-state index is 0.136. The van der Waals surface area contributed by atoms with Crippen molar-refractivity contribution in [3.63, 3.8) is 0 Å². The van der Waals surface area contributed by atoms with Crippen LogP contribution in [0.25, 0.3) is 11.1 Å². The summed E-state index contributed by atoms with van der Waals surface area (Å²) in [4.78, 5) is 1.27. The van der Waals surface area contributed by atoms with Crippen molar-refractivity contribution in [2.24, 2.45) is 0 Å². The Balaban J connectivity index is 2.34. The van der Waals surface area contributed by atoms with E-state index in [1.54, 1.807) is 17.4 Å². The first kappa shape index (κ1) is 12.3. The Bertz CT molecular complexity index is 505. The highest BCUT2D eigenvalue weighted by Crippen LogP contribution is 2.28. The lowest BCUT2D eigenvalue weighted by atomic mass is 10.0. The summed E-state index contributed by atoms with van der Waals surface area (Å²) >= 11 is 1.72. The summed E-state index contributed by atoms with van der Waals surface area (Å²) in [6.07, 6.45) is 0. The summed E-state index contributed by atoms with van der Waals surface area (Å²) in [5.74, 6) is -0.136. The van der Waals surface area contributed by atoms with Gasteiger partial charge in [0, 0.05) is 17.0 Å². The van der Waals surface area contributed by atoms with Crippen molar-refractivity contribution in [3.05, 3.63) is 45.9 Å². The third kappa shape index (κ3) is 2.73. The number of benzene rings is 1. The first-order chi connectivity index (χ1) is 8.22. The standard InChI is InChI=1S/C14H16FNS/c1-3-16-9-12-8-11(4-5-14(12)15)13-6-7-17-10(13)2/h4-8,16H,3,9H2,1-2H3. The summed E-state index contributed by atoms with van der Waals surface area (Å²) in [5, 5.41) is 5.22. The van der Waals surface area contributed by atoms with Crippen molar-refractivity contribution in [2.45, 2.75) is 20.4 Å². The van der Waals surface area contributed by atoms with E-state index in [-0.39, 0.29) is 5.82 Å². The molecular formula is C14H16FNS. The van der Waals surface area contributed by atoms with Crippen LogP contribution in [0.15, 0.2) is 29.6 Å². The molecule has 2 aromatic rings. The van der Waals surface area contributed by atoms with Crippen molar-refractivity contribution in [2.75, 3.05) is 6.54 Å². The molecule has 0 bridgehead atoms. The Morgan fingerprint density at radius 1 is 1.29 bits per heavy atom. The van der Waals surface area contributed by atoms with Gasteiger partial charge >= 0.3 is 0 Å². The van der Waals surface area contributed by atoms with E-state index >= 15 is 0 Å². The van der Waals surface area contributed by atoms with Gasteiger partial charge in [0.25, 0.3) is 0 Å². The zero-order valence-electron chi connectivity index (χ0n) is 10.1. The zero-order chi connectivity index (χ0) is 12.3. The molecule has 1 nitrogen and oxygen atoms in total. The van der Waals surface area contributed by atoms with Gasteiger partial charge in [-0.1, -0.05) is 13.0 Å². The van der Waals surface area contributed by atoms with E-state index in [2.05, 4.69) is 23.7 Å². The SMILES string of the molecule is CCNCc1cc(-c2ccsc2C)ccc1F. The van der Waals surface area contributed by atoms with Gasteiger partial charge in [-0.15, -0.1) is 11.3 Å². The summed E-state index contributed by atoms with van der Waals surface area (Å²) in [6, 6.07) is 7.43. The molecule has 0 aliphatic heterocycles. The van der Waals surface area contributed by atoms with Crippen molar-refractivity contribution in [1.82, 2.24) is 5.32 Å². The molecule has 1 heterocycles. The molecule has 0 radical (unpaired) electrons. The van der Waals surface area contributed by atoms with E-state index in [9.17, 15) is 4.39 Å². The van der Waals surface area contributed by atoms with E-state index in [0.29, 0.717) is 6.54 Å². The quantitative estimate of drug-likeness (QED) is 0.864. The van der Waals surface area contributed by atoms with Crippen molar-refractivity contribution in [3.8, 4) is 11.1 Å². The fraction of sp³-hybridized carbons (Fsp3) is 0.286. The fourth-order valence-corrected chi connectivity index (χ4v) is 2.54. The third-order valence-corrected chi connectivity index (χ3v) is 3.63. The number of nitrogens with one attached hydrogen (secondary N) is 1. The van der Waals surface area contributed by atoms with E-state index in [4.69, 9.17) is 0 Å². The molecule has 1 aromatic carbocycles. The Labute approximate surface area is 105 Å². The van der Waals surface area contributed by atoms with Crippen LogP contribution in [0.2, 0.25) is 0 Å². The van der Waals surface area contributed by atoms with Crippen LogP contribution in [-0.2, 0) is 6.54 Å². The second kappa shape index (κ2) is 5.43. The topological polar surface area (TPSA) is 12.0 Å². The smallest absolute Gasteiger partial charge is 0.127 e. The molecule has 0 unspecified atom stereocenters. The first-order valence-corrected chi connectivity index (χ1v) is 6.64. The highest BCUT2D eigenvalue weighted by Gasteiger charge is 2.07. The Kier molecular flexibility index (Phi) is 3.92. The second-order valence-corrected chi connectivity index (χ2v) is 5.10. The number of hydrogen-bond donors (Lipinski definition) is 1. The molecule has 0 fully saturated rings. The lowest BCUT2D eigenvalue weighted by molar-refractivity contribution is 0.593. The lowest BCUT2D eigenvalue weighted by Crippen LogP contribution is -2.12. The molecule has 0 aliphatic rings. The summed E-state index contributed by atoms with van der Waals surface area (Å²) in [7, 11) is 0. The van der Waals surface area contributed by atoms with E-state index < -0.39 is 0 Å². The van der Waals surface area contributed by atoms with Gasteiger partial charge in [-0.25, -0.2) is 4.39 Å². The Hall–Kier alpha value is -1.19. The van der Waals surface area contributed by atoms with Crippen LogP contribution >= 0.6 is 11.3 Å². The molecule has 0 spiro atoms. The Morgan fingerprint density at radius 2 is 2.12 bits per heavy atom. The predicted molar refractivity (Wildman–Crippen MR) is 71.8 cm³/mol. The number of aryl methyl sites for hydroxylation is 1. The van der Waals surface area contributed by atoms with E-state index in [0.717, 1.165) is 17.7 Å². The van der Waals surface area contributed by atoms with Gasteiger partial charge in [-0.2, -0.15) is 0 Å². The normalized spacial score (nSPS) is 10.8. The monoisotopic (exact) mass is 249 g/mol. The van der Waals surface area contributed by atoms with Crippen LogP contribution in [0.1, 0.15) is 17.4 Å². The molecule has 2 rings (SSSR count). The molecule has 90 valence electrons. The predicted octanol–water partition coefficient (Wildman–Crippen LogP) is 3.97. The van der Waals surface area contributed by atoms with Gasteiger partial charge in [-0.3, -0.25) is 0 Å². The molecule has 3 heteroatoms. The number of hydrogen-bond acceptors (Lipinski definition) is 2. The van der Waals surface area contributed by atoms with Crippen LogP contribution in [-0.4, -0.2) is 6.54 Å². The van der Waals surface area contributed by atoms with Crippen LogP contribution in [0.4, 0.5) is 4.39 Å². The van der Waals surface area contributed by atoms with Crippen molar-refractivity contribution in [1.29, 1.82) is 0 Å². The molecular weight excluding hydrogens is 233 g/mol. The van der Waals surface area contributed by atoms with Crippen LogP contribution in [0, 0.1) is 12.7 Å². The second-order valence-electron chi connectivity index (χ2n) is 3.98. The molecule has 0 saturated heterocycles. The van der Waals surface area contributed by atoms with Gasteiger partial charge in [0.05, 0.1) is 0 Å². The largest absolute Gasteiger partial charge is 0.313 e. The van der Waals surface area contributed by atoms with Crippen LogP contribution in [0.3, 0.4) is 0 Å². The molecule has 1 aromatic heterocycles.